The molecule has 122 valence electrons. The molecule has 0 saturated carbocycles. The Morgan fingerprint density at radius 3 is 2.21 bits per heavy atom. The van der Waals surface area contributed by atoms with Crippen LogP contribution in [0.1, 0.15) is 27.7 Å². The third kappa shape index (κ3) is 2.38. The highest BCUT2D eigenvalue weighted by Crippen LogP contribution is 2.37. The Labute approximate surface area is 143 Å². The zero-order chi connectivity index (χ0) is 16.9. The maximum atomic E-state index is 6.19. The SMILES string of the molecule is CC1(C)OB(c2ccc3[nH]cc(-c4ccccc4)c3c2)OC1(C)C. The number of aromatic nitrogens is 1. The molecule has 2 heterocycles. The summed E-state index contributed by atoms with van der Waals surface area (Å²) in [7, 11) is -0.335. The Kier molecular flexibility index (Phi) is 3.38. The topological polar surface area (TPSA) is 34.2 Å². The fourth-order valence-corrected chi connectivity index (χ4v) is 3.12. The summed E-state index contributed by atoms with van der Waals surface area (Å²) < 4.78 is 12.4. The maximum absolute atomic E-state index is 6.19. The second-order valence-electron chi connectivity index (χ2n) is 7.46. The van der Waals surface area contributed by atoms with Gasteiger partial charge in [0, 0.05) is 22.7 Å². The van der Waals surface area contributed by atoms with E-state index in [1.807, 2.05) is 6.07 Å². The highest BCUT2D eigenvalue weighted by molar-refractivity contribution is 6.62. The van der Waals surface area contributed by atoms with Crippen LogP contribution in [-0.4, -0.2) is 23.3 Å². The van der Waals surface area contributed by atoms with Crippen molar-refractivity contribution in [1.82, 2.24) is 4.98 Å². The van der Waals surface area contributed by atoms with Crippen molar-refractivity contribution < 1.29 is 9.31 Å². The first-order chi connectivity index (χ1) is 11.4. The molecule has 1 aliphatic rings. The van der Waals surface area contributed by atoms with Crippen LogP contribution in [-0.2, 0) is 9.31 Å². The number of benzene rings is 2. The molecule has 4 rings (SSSR count). The van der Waals surface area contributed by atoms with Crippen LogP contribution >= 0.6 is 0 Å². The van der Waals surface area contributed by atoms with Crippen molar-refractivity contribution in [3.63, 3.8) is 0 Å². The average molecular weight is 319 g/mol. The first-order valence-electron chi connectivity index (χ1n) is 8.39. The number of hydrogen-bond donors (Lipinski definition) is 1. The zero-order valence-electron chi connectivity index (χ0n) is 14.6. The van der Waals surface area contributed by atoms with Crippen LogP contribution in [0.3, 0.4) is 0 Å². The van der Waals surface area contributed by atoms with Crippen molar-refractivity contribution in [3.8, 4) is 11.1 Å². The minimum Gasteiger partial charge on any atom is -0.399 e. The summed E-state index contributed by atoms with van der Waals surface area (Å²) in [6, 6.07) is 16.8. The van der Waals surface area contributed by atoms with Crippen molar-refractivity contribution in [2.45, 2.75) is 38.9 Å². The van der Waals surface area contributed by atoms with Crippen molar-refractivity contribution in [1.29, 1.82) is 0 Å². The summed E-state index contributed by atoms with van der Waals surface area (Å²) in [5, 5.41) is 1.19. The van der Waals surface area contributed by atoms with E-state index in [9.17, 15) is 0 Å². The lowest BCUT2D eigenvalue weighted by Gasteiger charge is -2.32. The molecule has 4 heteroatoms. The van der Waals surface area contributed by atoms with Gasteiger partial charge in [0.15, 0.2) is 0 Å². The van der Waals surface area contributed by atoms with Crippen LogP contribution in [0.2, 0.25) is 0 Å². The monoisotopic (exact) mass is 319 g/mol. The van der Waals surface area contributed by atoms with Gasteiger partial charge in [-0.1, -0.05) is 42.5 Å². The maximum Gasteiger partial charge on any atom is 0.494 e. The van der Waals surface area contributed by atoms with Crippen LogP contribution in [0.5, 0.6) is 0 Å². The Morgan fingerprint density at radius 2 is 1.54 bits per heavy atom. The van der Waals surface area contributed by atoms with Gasteiger partial charge >= 0.3 is 7.12 Å². The number of hydrogen-bond acceptors (Lipinski definition) is 2. The molecule has 1 aliphatic heterocycles. The summed E-state index contributed by atoms with van der Waals surface area (Å²) in [5.41, 5.74) is 3.92. The van der Waals surface area contributed by atoms with Gasteiger partial charge in [0.05, 0.1) is 11.2 Å². The summed E-state index contributed by atoms with van der Waals surface area (Å²) in [5.74, 6) is 0. The summed E-state index contributed by atoms with van der Waals surface area (Å²) in [4.78, 5) is 3.36. The van der Waals surface area contributed by atoms with E-state index in [4.69, 9.17) is 9.31 Å². The van der Waals surface area contributed by atoms with E-state index in [0.717, 1.165) is 11.0 Å². The lowest BCUT2D eigenvalue weighted by Crippen LogP contribution is -2.41. The summed E-state index contributed by atoms with van der Waals surface area (Å²) >= 11 is 0. The molecule has 1 saturated heterocycles. The summed E-state index contributed by atoms with van der Waals surface area (Å²) in [6.07, 6.45) is 2.06. The molecule has 0 spiro atoms. The molecule has 2 aromatic carbocycles. The number of rotatable bonds is 2. The van der Waals surface area contributed by atoms with Gasteiger partial charge in [0.25, 0.3) is 0 Å². The molecule has 0 aliphatic carbocycles. The molecular weight excluding hydrogens is 297 g/mol. The van der Waals surface area contributed by atoms with Crippen LogP contribution in [0.15, 0.2) is 54.7 Å². The van der Waals surface area contributed by atoms with E-state index < -0.39 is 0 Å². The number of nitrogens with one attached hydrogen (secondary N) is 1. The van der Waals surface area contributed by atoms with Crippen molar-refractivity contribution in [3.05, 3.63) is 54.7 Å². The Morgan fingerprint density at radius 1 is 0.875 bits per heavy atom. The molecule has 3 nitrogen and oxygen atoms in total. The third-order valence-corrected chi connectivity index (χ3v) is 5.32. The van der Waals surface area contributed by atoms with Gasteiger partial charge in [0.2, 0.25) is 0 Å². The Hall–Kier alpha value is -2.04. The highest BCUT2D eigenvalue weighted by Gasteiger charge is 2.51. The summed E-state index contributed by atoms with van der Waals surface area (Å²) in [6.45, 7) is 8.32. The minimum absolute atomic E-state index is 0.326. The van der Waals surface area contributed by atoms with Crippen molar-refractivity contribution >= 4 is 23.5 Å². The van der Waals surface area contributed by atoms with Crippen LogP contribution in [0, 0.1) is 0 Å². The lowest BCUT2D eigenvalue weighted by molar-refractivity contribution is 0.00578. The van der Waals surface area contributed by atoms with Crippen molar-refractivity contribution in [2.24, 2.45) is 0 Å². The molecule has 0 radical (unpaired) electrons. The van der Waals surface area contributed by atoms with Crippen LogP contribution < -0.4 is 5.46 Å². The first kappa shape index (κ1) is 15.5. The van der Waals surface area contributed by atoms with Gasteiger partial charge in [0.1, 0.15) is 0 Å². The molecule has 1 N–H and O–H groups in total. The van der Waals surface area contributed by atoms with Gasteiger partial charge in [-0.25, -0.2) is 0 Å². The second kappa shape index (κ2) is 5.23. The van der Waals surface area contributed by atoms with E-state index in [0.29, 0.717) is 0 Å². The minimum atomic E-state index is -0.335. The molecular formula is C20H22BNO2. The smallest absolute Gasteiger partial charge is 0.399 e. The zero-order valence-corrected chi connectivity index (χ0v) is 14.6. The molecule has 1 aromatic heterocycles. The quantitative estimate of drug-likeness (QED) is 0.721. The highest BCUT2D eigenvalue weighted by atomic mass is 16.7. The normalized spacial score (nSPS) is 19.1. The molecule has 0 amide bonds. The fourth-order valence-electron chi connectivity index (χ4n) is 3.12. The van der Waals surface area contributed by atoms with Gasteiger partial charge < -0.3 is 14.3 Å². The molecule has 3 aromatic rings. The van der Waals surface area contributed by atoms with Gasteiger partial charge in [-0.2, -0.15) is 0 Å². The largest absolute Gasteiger partial charge is 0.494 e. The van der Waals surface area contributed by atoms with Gasteiger partial charge in [-0.05, 0) is 44.8 Å². The van der Waals surface area contributed by atoms with Crippen molar-refractivity contribution in [2.75, 3.05) is 0 Å². The third-order valence-electron chi connectivity index (χ3n) is 5.32. The Balaban J connectivity index is 1.77. The molecule has 24 heavy (non-hydrogen) atoms. The molecule has 0 atom stereocenters. The predicted octanol–water partition coefficient (Wildman–Crippen LogP) is 4.13. The van der Waals surface area contributed by atoms with E-state index in [1.54, 1.807) is 0 Å². The van der Waals surface area contributed by atoms with Gasteiger partial charge in [-0.3, -0.25) is 0 Å². The number of aromatic amines is 1. The average Bonchev–Trinajstić information content (AvgIpc) is 3.06. The first-order valence-corrected chi connectivity index (χ1v) is 8.39. The lowest BCUT2D eigenvalue weighted by atomic mass is 9.78. The Bertz CT molecular complexity index is 867. The van der Waals surface area contributed by atoms with E-state index >= 15 is 0 Å². The van der Waals surface area contributed by atoms with Crippen LogP contribution in [0.25, 0.3) is 22.0 Å². The van der Waals surface area contributed by atoms with E-state index in [1.165, 1.54) is 16.5 Å². The van der Waals surface area contributed by atoms with Crippen LogP contribution in [0.4, 0.5) is 0 Å². The van der Waals surface area contributed by atoms with Gasteiger partial charge in [-0.15, -0.1) is 0 Å². The fraction of sp³-hybridized carbons (Fsp3) is 0.300. The van der Waals surface area contributed by atoms with E-state index in [-0.39, 0.29) is 18.3 Å². The second-order valence-corrected chi connectivity index (χ2v) is 7.46. The number of fused-ring (bicyclic) bond motifs is 1. The van der Waals surface area contributed by atoms with E-state index in [2.05, 4.69) is 81.3 Å². The number of H-pyrrole nitrogens is 1. The molecule has 0 unspecified atom stereocenters. The predicted molar refractivity (Wildman–Crippen MR) is 99.5 cm³/mol. The molecule has 1 fully saturated rings. The standard InChI is InChI=1S/C20H22BNO2/c1-19(2)20(3,4)24-21(23-19)15-10-11-18-16(12-15)17(13-22-18)14-8-6-5-7-9-14/h5-13,22H,1-4H3. The molecule has 0 bridgehead atoms.